The molecule has 1 aromatic heterocycles. The average molecular weight is 383 g/mol. The Kier molecular flexibility index (Phi) is 5.39. The number of hydrogen-bond acceptors (Lipinski definition) is 4. The lowest BCUT2D eigenvalue weighted by molar-refractivity contribution is -0.123. The summed E-state index contributed by atoms with van der Waals surface area (Å²) >= 11 is 0. The number of nitrogens with one attached hydrogen (secondary N) is 3. The van der Waals surface area contributed by atoms with Crippen LogP contribution in [0.2, 0.25) is 0 Å². The van der Waals surface area contributed by atoms with E-state index in [1.165, 1.54) is 24.3 Å². The number of benzene rings is 2. The van der Waals surface area contributed by atoms with Gasteiger partial charge >= 0.3 is 12.0 Å². The summed E-state index contributed by atoms with van der Waals surface area (Å²) in [7, 11) is 0. The Hall–Kier alpha value is -3.68. The van der Waals surface area contributed by atoms with Gasteiger partial charge in [-0.1, -0.05) is 12.1 Å². The fourth-order valence-corrected chi connectivity index (χ4v) is 2.68. The minimum absolute atomic E-state index is 0.0738. The van der Waals surface area contributed by atoms with E-state index in [9.17, 15) is 18.8 Å². The van der Waals surface area contributed by atoms with Gasteiger partial charge in [0.25, 0.3) is 5.91 Å². The molecule has 0 aliphatic carbocycles. The molecule has 3 aromatic rings. The van der Waals surface area contributed by atoms with E-state index in [0.717, 1.165) is 22.2 Å². The molecule has 0 saturated carbocycles. The number of amides is 3. The number of aromatic nitrogens is 1. The number of rotatable bonds is 4. The van der Waals surface area contributed by atoms with Gasteiger partial charge in [0.2, 0.25) is 0 Å². The molecular formula is C20H18FN3O4. The Labute approximate surface area is 159 Å². The minimum atomic E-state index is -0.925. The molecule has 0 atom stereocenters. The van der Waals surface area contributed by atoms with Gasteiger partial charge in [-0.15, -0.1) is 0 Å². The molecule has 2 aromatic carbocycles. The van der Waals surface area contributed by atoms with Crippen molar-refractivity contribution in [3.63, 3.8) is 0 Å². The predicted molar refractivity (Wildman–Crippen MR) is 102 cm³/mol. The van der Waals surface area contributed by atoms with Gasteiger partial charge in [0.05, 0.1) is 11.3 Å². The third kappa shape index (κ3) is 4.17. The molecule has 0 aliphatic rings. The van der Waals surface area contributed by atoms with Crippen LogP contribution in [0.25, 0.3) is 10.9 Å². The predicted octanol–water partition coefficient (Wildman–Crippen LogP) is 3.43. The highest BCUT2D eigenvalue weighted by atomic mass is 19.1. The van der Waals surface area contributed by atoms with Gasteiger partial charge in [-0.05, 0) is 49.7 Å². The molecule has 3 N–H and O–H groups in total. The van der Waals surface area contributed by atoms with E-state index >= 15 is 0 Å². The molecule has 28 heavy (non-hydrogen) atoms. The lowest BCUT2D eigenvalue weighted by Gasteiger charge is -2.08. The first kappa shape index (κ1) is 19.1. The number of imide groups is 1. The van der Waals surface area contributed by atoms with Crippen LogP contribution in [0.4, 0.5) is 14.9 Å². The smallest absolute Gasteiger partial charge is 0.338 e. The highest BCUT2D eigenvalue weighted by Crippen LogP contribution is 2.22. The fraction of sp³-hybridized carbons (Fsp3) is 0.150. The summed E-state index contributed by atoms with van der Waals surface area (Å²) in [4.78, 5) is 38.9. The van der Waals surface area contributed by atoms with Crippen LogP contribution >= 0.6 is 0 Å². The Bertz CT molecular complexity index is 1070. The van der Waals surface area contributed by atoms with E-state index in [-0.39, 0.29) is 5.69 Å². The number of aryl methyl sites for hydroxylation is 2. The summed E-state index contributed by atoms with van der Waals surface area (Å²) in [5.74, 6) is -2.16. The number of hydrogen-bond donors (Lipinski definition) is 3. The van der Waals surface area contributed by atoms with Crippen molar-refractivity contribution in [1.82, 2.24) is 10.3 Å². The van der Waals surface area contributed by atoms with Gasteiger partial charge in [0.15, 0.2) is 6.61 Å². The van der Waals surface area contributed by atoms with Gasteiger partial charge in [0, 0.05) is 16.6 Å². The lowest BCUT2D eigenvalue weighted by atomic mass is 10.1. The largest absolute Gasteiger partial charge is 0.452 e. The first-order chi connectivity index (χ1) is 13.3. The topological polar surface area (TPSA) is 100 Å². The molecule has 0 bridgehead atoms. The van der Waals surface area contributed by atoms with E-state index in [4.69, 9.17) is 4.74 Å². The zero-order valence-corrected chi connectivity index (χ0v) is 15.3. The van der Waals surface area contributed by atoms with E-state index < -0.39 is 30.3 Å². The van der Waals surface area contributed by atoms with Crippen LogP contribution in [0.3, 0.4) is 0 Å². The van der Waals surface area contributed by atoms with Crippen molar-refractivity contribution in [3.8, 4) is 0 Å². The highest BCUT2D eigenvalue weighted by molar-refractivity contribution is 6.02. The summed E-state index contributed by atoms with van der Waals surface area (Å²) in [6, 6.07) is 9.62. The van der Waals surface area contributed by atoms with E-state index in [0.29, 0.717) is 5.56 Å². The normalized spacial score (nSPS) is 10.5. The number of fused-ring (bicyclic) bond motifs is 1. The number of aromatic amines is 1. The second-order valence-corrected chi connectivity index (χ2v) is 6.19. The zero-order valence-electron chi connectivity index (χ0n) is 15.3. The number of anilines is 1. The number of carbonyl (C=O) groups is 3. The SMILES string of the molecule is Cc1[nH]c2ccc(C(=O)OCC(=O)NC(=O)Nc3ccccc3F)cc2c1C. The summed E-state index contributed by atoms with van der Waals surface area (Å²) in [6.45, 7) is 3.22. The van der Waals surface area contributed by atoms with Crippen LogP contribution in [0.15, 0.2) is 42.5 Å². The Morgan fingerprint density at radius 1 is 1.11 bits per heavy atom. The molecule has 7 nitrogen and oxygen atoms in total. The van der Waals surface area contributed by atoms with Crippen LogP contribution in [0, 0.1) is 19.7 Å². The molecule has 0 spiro atoms. The van der Waals surface area contributed by atoms with Crippen molar-refractivity contribution < 1.29 is 23.5 Å². The second kappa shape index (κ2) is 7.91. The molecule has 144 valence electrons. The fourth-order valence-electron chi connectivity index (χ4n) is 2.68. The van der Waals surface area contributed by atoms with Crippen molar-refractivity contribution in [3.05, 3.63) is 65.1 Å². The minimum Gasteiger partial charge on any atom is -0.452 e. The summed E-state index contributed by atoms with van der Waals surface area (Å²) in [5, 5.41) is 5.06. The highest BCUT2D eigenvalue weighted by Gasteiger charge is 2.15. The van der Waals surface area contributed by atoms with Crippen molar-refractivity contribution >= 4 is 34.5 Å². The summed E-state index contributed by atoms with van der Waals surface area (Å²) in [5.41, 5.74) is 3.13. The maximum absolute atomic E-state index is 13.5. The van der Waals surface area contributed by atoms with E-state index in [2.05, 4.69) is 10.3 Å². The maximum atomic E-state index is 13.5. The molecular weight excluding hydrogens is 365 g/mol. The number of esters is 1. The lowest BCUT2D eigenvalue weighted by Crippen LogP contribution is -2.37. The van der Waals surface area contributed by atoms with E-state index in [1.54, 1.807) is 18.2 Å². The molecule has 3 rings (SSSR count). The van der Waals surface area contributed by atoms with Crippen LogP contribution in [0.1, 0.15) is 21.6 Å². The Morgan fingerprint density at radius 2 is 1.86 bits per heavy atom. The number of H-pyrrole nitrogens is 1. The molecule has 0 fully saturated rings. The molecule has 0 aliphatic heterocycles. The van der Waals surface area contributed by atoms with Crippen LogP contribution in [-0.4, -0.2) is 29.5 Å². The summed E-state index contributed by atoms with van der Waals surface area (Å²) < 4.78 is 18.4. The monoisotopic (exact) mass is 383 g/mol. The van der Waals surface area contributed by atoms with Gasteiger partial charge in [-0.3, -0.25) is 10.1 Å². The van der Waals surface area contributed by atoms with Gasteiger partial charge in [0.1, 0.15) is 5.82 Å². The number of carbonyl (C=O) groups excluding carboxylic acids is 3. The molecule has 8 heteroatoms. The number of ether oxygens (including phenoxy) is 1. The Balaban J connectivity index is 1.55. The second-order valence-electron chi connectivity index (χ2n) is 6.19. The maximum Gasteiger partial charge on any atom is 0.338 e. The third-order valence-electron chi connectivity index (χ3n) is 4.25. The van der Waals surface area contributed by atoms with Crippen molar-refractivity contribution in [2.45, 2.75) is 13.8 Å². The molecule has 0 radical (unpaired) electrons. The average Bonchev–Trinajstić information content (AvgIpc) is 2.95. The molecule has 0 saturated heterocycles. The number of halogens is 1. The number of urea groups is 1. The molecule has 1 heterocycles. The first-order valence-corrected chi connectivity index (χ1v) is 8.46. The molecule has 0 unspecified atom stereocenters. The summed E-state index contributed by atoms with van der Waals surface area (Å²) in [6.07, 6.45) is 0. The van der Waals surface area contributed by atoms with E-state index in [1.807, 2.05) is 19.2 Å². The van der Waals surface area contributed by atoms with Crippen molar-refractivity contribution in [2.75, 3.05) is 11.9 Å². The third-order valence-corrected chi connectivity index (χ3v) is 4.25. The number of para-hydroxylation sites is 1. The van der Waals surface area contributed by atoms with Crippen molar-refractivity contribution in [2.24, 2.45) is 0 Å². The first-order valence-electron chi connectivity index (χ1n) is 8.46. The zero-order chi connectivity index (χ0) is 20.3. The standard InChI is InChI=1S/C20H18FN3O4/c1-11-12(2)22-16-8-7-13(9-14(11)16)19(26)28-10-18(25)24-20(27)23-17-6-4-3-5-15(17)21/h3-9,22H,10H2,1-2H3,(H2,23,24,25,27). The molecule has 3 amide bonds. The van der Waals surface area contributed by atoms with Gasteiger partial charge < -0.3 is 15.0 Å². The Morgan fingerprint density at radius 3 is 2.61 bits per heavy atom. The van der Waals surface area contributed by atoms with Crippen LogP contribution in [-0.2, 0) is 9.53 Å². The van der Waals surface area contributed by atoms with Gasteiger partial charge in [-0.25, -0.2) is 14.0 Å². The quantitative estimate of drug-likeness (QED) is 0.601. The van der Waals surface area contributed by atoms with Crippen molar-refractivity contribution in [1.29, 1.82) is 0 Å². The van der Waals surface area contributed by atoms with Crippen LogP contribution in [0.5, 0.6) is 0 Å². The van der Waals surface area contributed by atoms with Crippen LogP contribution < -0.4 is 10.6 Å². The van der Waals surface area contributed by atoms with Gasteiger partial charge in [-0.2, -0.15) is 0 Å².